The summed E-state index contributed by atoms with van der Waals surface area (Å²) in [4.78, 5) is 0. The van der Waals surface area contributed by atoms with E-state index in [2.05, 4.69) is 86.5 Å². The van der Waals surface area contributed by atoms with Crippen LogP contribution in [0.4, 0.5) is 0 Å². The molecule has 0 radical (unpaired) electrons. The summed E-state index contributed by atoms with van der Waals surface area (Å²) < 4.78 is 7.02. The molecule has 3 rings (SSSR count). The van der Waals surface area contributed by atoms with E-state index in [1.807, 2.05) is 0 Å². The van der Waals surface area contributed by atoms with Crippen molar-refractivity contribution in [2.45, 2.75) is 57.3 Å². The minimum absolute atomic E-state index is 0.399. The summed E-state index contributed by atoms with van der Waals surface area (Å²) in [5.41, 5.74) is 9.19. The molecule has 0 spiro atoms. The van der Waals surface area contributed by atoms with Gasteiger partial charge in [-0.2, -0.15) is 0 Å². The Kier molecular flexibility index (Phi) is 4.41. The summed E-state index contributed by atoms with van der Waals surface area (Å²) >= 11 is -3.15. The molecule has 1 aromatic rings. The van der Waals surface area contributed by atoms with Gasteiger partial charge in [-0.3, -0.25) is 0 Å². The molecule has 1 aromatic carbocycles. The van der Waals surface area contributed by atoms with Crippen LogP contribution in [0.15, 0.2) is 52.6 Å². The molecule has 2 aliphatic carbocycles. The molecule has 0 N–H and O–H groups in total. The normalized spacial score (nSPS) is 21.8. The van der Waals surface area contributed by atoms with Crippen LogP contribution in [-0.4, -0.2) is 5.43 Å². The van der Waals surface area contributed by atoms with Gasteiger partial charge in [-0.25, -0.2) is 0 Å². The van der Waals surface area contributed by atoms with E-state index >= 15 is 0 Å². The van der Waals surface area contributed by atoms with Gasteiger partial charge in [0.1, 0.15) is 0 Å². The van der Waals surface area contributed by atoms with Crippen molar-refractivity contribution in [1.29, 1.82) is 0 Å². The number of hydrogen-bond donors (Lipinski definition) is 0. The summed E-state index contributed by atoms with van der Waals surface area (Å²) in [5, 5.41) is 0. The van der Waals surface area contributed by atoms with Crippen molar-refractivity contribution in [3.8, 4) is 0 Å². The van der Waals surface area contributed by atoms with Crippen LogP contribution in [0.25, 0.3) is 6.08 Å². The molecule has 0 heterocycles. The Morgan fingerprint density at radius 3 is 1.96 bits per heavy atom. The van der Waals surface area contributed by atoms with Crippen LogP contribution in [-0.2, 0) is 17.4 Å². The summed E-state index contributed by atoms with van der Waals surface area (Å²) in [5.74, 6) is 0. The van der Waals surface area contributed by atoms with Gasteiger partial charge in [-0.05, 0) is 0 Å². The third kappa shape index (κ3) is 2.25. The van der Waals surface area contributed by atoms with Gasteiger partial charge in [-0.15, -0.1) is 0 Å². The van der Waals surface area contributed by atoms with E-state index < -0.39 is 22.8 Å². The minimum atomic E-state index is -3.15. The van der Waals surface area contributed by atoms with Crippen LogP contribution in [0.2, 0.25) is 26.0 Å². The van der Waals surface area contributed by atoms with Gasteiger partial charge < -0.3 is 0 Å². The number of allylic oxidation sites excluding steroid dienone is 5. The maximum atomic E-state index is 2.79. The zero-order valence-electron chi connectivity index (χ0n) is 16.6. The summed E-state index contributed by atoms with van der Waals surface area (Å²) in [6.45, 7) is 14.8. The van der Waals surface area contributed by atoms with Crippen molar-refractivity contribution in [3.05, 3.63) is 63.8 Å². The Hall–Kier alpha value is -0.460. The van der Waals surface area contributed by atoms with E-state index in [-0.39, 0.29) is 0 Å². The van der Waals surface area contributed by atoms with E-state index in [0.29, 0.717) is 3.63 Å². The van der Waals surface area contributed by atoms with Gasteiger partial charge in [0.15, 0.2) is 0 Å². The van der Waals surface area contributed by atoms with Crippen LogP contribution in [0, 0.1) is 0 Å². The Bertz CT molecular complexity index is 858. The number of fused-ring (bicyclic) bond motifs is 1. The Morgan fingerprint density at radius 2 is 1.42 bits per heavy atom. The van der Waals surface area contributed by atoms with E-state index in [0.717, 1.165) is 3.63 Å². The van der Waals surface area contributed by atoms with Crippen molar-refractivity contribution < 1.29 is 17.4 Å². The molecule has 24 heavy (non-hydrogen) atoms. The van der Waals surface area contributed by atoms with Gasteiger partial charge in [0, 0.05) is 0 Å². The first kappa shape index (κ1) is 18.3. The second kappa shape index (κ2) is 5.78. The molecule has 1 atom stereocenters. The predicted molar refractivity (Wildman–Crippen MR) is 108 cm³/mol. The molecular formula is C22H32SiZr. The zero-order chi connectivity index (χ0) is 17.9. The fourth-order valence-corrected chi connectivity index (χ4v) is 32.8. The first-order chi connectivity index (χ1) is 11.1. The van der Waals surface area contributed by atoms with Gasteiger partial charge >= 0.3 is 150 Å². The topological polar surface area (TPSA) is 0 Å². The molecule has 0 amide bonds. The Balaban J connectivity index is 2.34. The van der Waals surface area contributed by atoms with Crippen molar-refractivity contribution >= 4 is 11.5 Å². The average Bonchev–Trinajstić information content (AvgIpc) is 3.05. The molecule has 0 aliphatic heterocycles. The molecule has 0 aromatic heterocycles. The van der Waals surface area contributed by atoms with Gasteiger partial charge in [0.25, 0.3) is 0 Å². The quantitative estimate of drug-likeness (QED) is 0.446. The molecule has 0 fully saturated rings. The number of benzene rings is 1. The van der Waals surface area contributed by atoms with E-state index in [4.69, 9.17) is 0 Å². The molecule has 0 nitrogen and oxygen atoms in total. The molecule has 0 saturated carbocycles. The van der Waals surface area contributed by atoms with Crippen molar-refractivity contribution in [2.24, 2.45) is 0 Å². The Morgan fingerprint density at radius 1 is 0.875 bits per heavy atom. The third-order valence-corrected chi connectivity index (χ3v) is 50.2. The van der Waals surface area contributed by atoms with Crippen molar-refractivity contribution in [3.63, 3.8) is 0 Å². The number of hydrogen-bond acceptors (Lipinski definition) is 0. The Labute approximate surface area is 149 Å². The molecule has 128 valence electrons. The first-order valence-electron chi connectivity index (χ1n) is 9.23. The van der Waals surface area contributed by atoms with Gasteiger partial charge in [0.2, 0.25) is 0 Å². The van der Waals surface area contributed by atoms with E-state index in [1.54, 1.807) is 27.9 Å². The third-order valence-electron chi connectivity index (χ3n) is 7.83. The predicted octanol–water partition coefficient (Wildman–Crippen LogP) is 7.27. The monoisotopic (exact) mass is 414 g/mol. The fourth-order valence-electron chi connectivity index (χ4n) is 5.49. The molecule has 0 bridgehead atoms. The van der Waals surface area contributed by atoms with Gasteiger partial charge in [-0.1, -0.05) is 0 Å². The van der Waals surface area contributed by atoms with Crippen LogP contribution in [0.5, 0.6) is 0 Å². The van der Waals surface area contributed by atoms with Crippen LogP contribution in [0.3, 0.4) is 0 Å². The summed E-state index contributed by atoms with van der Waals surface area (Å²) in [7, 11) is 0. The second-order valence-electron chi connectivity index (χ2n) is 9.12. The SMILES string of the molecule is CC1=C(C)[CH]([Zr]([CH3])([CH3])([CH]2C=Cc3ccccc32)=[Si](C)C)C(C)=C1C. The van der Waals surface area contributed by atoms with Gasteiger partial charge in [0.05, 0.1) is 0 Å². The molecule has 0 saturated heterocycles. The molecule has 2 aliphatic rings. The summed E-state index contributed by atoms with van der Waals surface area (Å²) in [6.07, 6.45) is 4.98. The van der Waals surface area contributed by atoms with Crippen LogP contribution >= 0.6 is 0 Å². The van der Waals surface area contributed by atoms with E-state index in [1.165, 1.54) is 5.56 Å². The molecule has 2 heteroatoms. The number of rotatable bonds is 2. The fraction of sp³-hybridized carbons (Fsp3) is 0.455. The molecular weight excluding hydrogens is 384 g/mol. The first-order valence-corrected chi connectivity index (χ1v) is 23.2. The maximum absolute atomic E-state index is 3.15. The van der Waals surface area contributed by atoms with E-state index in [9.17, 15) is 0 Å². The zero-order valence-corrected chi connectivity index (χ0v) is 20.1. The average molecular weight is 416 g/mol. The van der Waals surface area contributed by atoms with Crippen molar-refractivity contribution in [2.75, 3.05) is 0 Å². The second-order valence-corrected chi connectivity index (χ2v) is 43.6. The van der Waals surface area contributed by atoms with Crippen LogP contribution < -0.4 is 0 Å². The summed E-state index contributed by atoms with van der Waals surface area (Å²) in [6, 6.07) is 9.13. The molecule has 1 unspecified atom stereocenters. The van der Waals surface area contributed by atoms with Crippen LogP contribution in [0.1, 0.15) is 42.4 Å². The standard InChI is InChI=1S/C9H7.C9H13.C2H6Si.2CH3.Zr/c1-2-5-9-7-3-6-8(9)4-1;1-6-5-7(2)9(4)8(6)3;1-3-2;;;/h1-7H;5H,1-4H3;1-2H3;2*1H3;. The van der Waals surface area contributed by atoms with Crippen molar-refractivity contribution in [1.82, 2.24) is 0 Å².